The van der Waals surface area contributed by atoms with Gasteiger partial charge in [0, 0.05) is 34.6 Å². The largest absolute Gasteiger partial charge is 0.329 e. The lowest BCUT2D eigenvalue weighted by Crippen LogP contribution is -2.36. The van der Waals surface area contributed by atoms with E-state index in [1.807, 2.05) is 0 Å². The van der Waals surface area contributed by atoms with Gasteiger partial charge in [0.15, 0.2) is 0 Å². The Hall–Kier alpha value is 0.0600. The fourth-order valence-corrected chi connectivity index (χ4v) is 3.39. The molecule has 3 nitrogen and oxygen atoms in total. The van der Waals surface area contributed by atoms with Crippen LogP contribution in [0.25, 0.3) is 0 Å². The van der Waals surface area contributed by atoms with E-state index in [1.54, 1.807) is 0 Å². The molecule has 0 aromatic heterocycles. The summed E-state index contributed by atoms with van der Waals surface area (Å²) >= 11 is 7.09. The molecule has 1 atom stereocenters. The number of hydrogen-bond acceptors (Lipinski definition) is 3. The lowest BCUT2D eigenvalue weighted by atomic mass is 10.1. The Balaban J connectivity index is 1.96. The summed E-state index contributed by atoms with van der Waals surface area (Å²) in [5.41, 5.74) is 7.27. The van der Waals surface area contributed by atoms with E-state index < -0.39 is 0 Å². The highest BCUT2D eigenvalue weighted by Gasteiger charge is 2.18. The maximum atomic E-state index is 6.00. The predicted molar refractivity (Wildman–Crippen MR) is 91.9 cm³/mol. The van der Waals surface area contributed by atoms with Gasteiger partial charge in [-0.05, 0) is 82.5 Å². The maximum absolute atomic E-state index is 6.00. The van der Waals surface area contributed by atoms with Crippen LogP contribution in [-0.2, 0) is 0 Å². The molecule has 112 valence electrons. The second-order valence-corrected chi connectivity index (χ2v) is 7.16. The van der Waals surface area contributed by atoms with Crippen LogP contribution in [-0.4, -0.2) is 49.6 Å². The van der Waals surface area contributed by atoms with Crippen LogP contribution < -0.4 is 5.73 Å². The zero-order valence-corrected chi connectivity index (χ0v) is 15.2. The van der Waals surface area contributed by atoms with Gasteiger partial charge in [0.1, 0.15) is 0 Å². The van der Waals surface area contributed by atoms with Gasteiger partial charge in [-0.3, -0.25) is 4.90 Å². The summed E-state index contributed by atoms with van der Waals surface area (Å²) < 4.78 is 2.16. The van der Waals surface area contributed by atoms with E-state index in [4.69, 9.17) is 5.73 Å². The van der Waals surface area contributed by atoms with Crippen LogP contribution in [0.15, 0.2) is 27.1 Å². The summed E-state index contributed by atoms with van der Waals surface area (Å²) in [5.74, 6) is 0. The number of rotatable bonds is 6. The Morgan fingerprint density at radius 2 is 1.95 bits per heavy atom. The Morgan fingerprint density at radius 3 is 2.55 bits per heavy atom. The zero-order chi connectivity index (χ0) is 14.5. The third-order valence-electron chi connectivity index (χ3n) is 4.05. The molecule has 1 aromatic rings. The molecule has 0 saturated carbocycles. The minimum Gasteiger partial charge on any atom is -0.329 e. The van der Waals surface area contributed by atoms with Crippen LogP contribution in [0.3, 0.4) is 0 Å². The molecule has 0 aliphatic carbocycles. The average molecular weight is 405 g/mol. The Bertz CT molecular complexity index is 433. The highest BCUT2D eigenvalue weighted by Crippen LogP contribution is 2.28. The predicted octanol–water partition coefficient (Wildman–Crippen LogP) is 3.24. The molecule has 2 rings (SSSR count). The van der Waals surface area contributed by atoms with Crippen LogP contribution in [0, 0.1) is 0 Å². The second-order valence-electron chi connectivity index (χ2n) is 5.45. The van der Waals surface area contributed by atoms with Crippen molar-refractivity contribution in [3.05, 3.63) is 32.7 Å². The van der Waals surface area contributed by atoms with Crippen LogP contribution in [0.4, 0.5) is 0 Å². The maximum Gasteiger partial charge on any atom is 0.0468 e. The molecule has 1 saturated heterocycles. The number of nitrogens with zero attached hydrogens (tertiary/aromatic N) is 2. The molecule has 20 heavy (non-hydrogen) atoms. The second kappa shape index (κ2) is 7.90. The van der Waals surface area contributed by atoms with Crippen molar-refractivity contribution in [3.63, 3.8) is 0 Å². The summed E-state index contributed by atoms with van der Waals surface area (Å²) in [4.78, 5) is 4.91. The molecule has 1 aliphatic heterocycles. The molecule has 1 heterocycles. The number of hydrogen-bond donors (Lipinski definition) is 1. The van der Waals surface area contributed by atoms with Crippen molar-refractivity contribution in [2.45, 2.75) is 18.9 Å². The SMILES string of the molecule is CN(CCN1CCCC1)C(CN)c1ccc(Br)c(Br)c1. The van der Waals surface area contributed by atoms with Crippen molar-refractivity contribution >= 4 is 31.9 Å². The number of halogens is 2. The summed E-state index contributed by atoms with van der Waals surface area (Å²) in [7, 11) is 2.17. The lowest BCUT2D eigenvalue weighted by molar-refractivity contribution is 0.209. The van der Waals surface area contributed by atoms with Crippen molar-refractivity contribution in [1.82, 2.24) is 9.80 Å². The average Bonchev–Trinajstić information content (AvgIpc) is 2.94. The van der Waals surface area contributed by atoms with Crippen LogP contribution >= 0.6 is 31.9 Å². The van der Waals surface area contributed by atoms with Gasteiger partial charge in [-0.25, -0.2) is 0 Å². The van der Waals surface area contributed by atoms with E-state index in [0.29, 0.717) is 6.54 Å². The van der Waals surface area contributed by atoms with Crippen LogP contribution in [0.1, 0.15) is 24.4 Å². The van der Waals surface area contributed by atoms with Crippen molar-refractivity contribution < 1.29 is 0 Å². The van der Waals surface area contributed by atoms with E-state index >= 15 is 0 Å². The number of nitrogens with two attached hydrogens (primary N) is 1. The Kier molecular flexibility index (Phi) is 6.49. The molecule has 1 aromatic carbocycles. The standard InChI is InChI=1S/C15H23Br2N3/c1-19(8-9-20-6-2-3-7-20)15(11-18)12-4-5-13(16)14(17)10-12/h4-5,10,15H,2-3,6-9,11,18H2,1H3. The van der Waals surface area contributed by atoms with Gasteiger partial charge in [0.05, 0.1) is 0 Å². The minimum absolute atomic E-state index is 0.280. The summed E-state index contributed by atoms with van der Waals surface area (Å²) in [6.07, 6.45) is 2.70. The molecule has 5 heteroatoms. The quantitative estimate of drug-likeness (QED) is 0.789. The molecule has 0 amide bonds. The zero-order valence-electron chi connectivity index (χ0n) is 12.0. The first-order chi connectivity index (χ1) is 9.61. The van der Waals surface area contributed by atoms with Crippen molar-refractivity contribution in [3.8, 4) is 0 Å². The fourth-order valence-electron chi connectivity index (χ4n) is 2.75. The van der Waals surface area contributed by atoms with E-state index in [2.05, 4.69) is 66.9 Å². The first-order valence-electron chi connectivity index (χ1n) is 7.19. The van der Waals surface area contributed by atoms with Crippen LogP contribution in [0.2, 0.25) is 0 Å². The first-order valence-corrected chi connectivity index (χ1v) is 8.78. The van der Waals surface area contributed by atoms with Gasteiger partial charge >= 0.3 is 0 Å². The highest BCUT2D eigenvalue weighted by molar-refractivity contribution is 9.13. The number of likely N-dealkylation sites (N-methyl/N-ethyl adjacent to an activating group) is 1. The highest BCUT2D eigenvalue weighted by atomic mass is 79.9. The smallest absolute Gasteiger partial charge is 0.0468 e. The molecule has 2 N–H and O–H groups in total. The summed E-state index contributed by atoms with van der Waals surface area (Å²) in [6.45, 7) is 5.36. The first kappa shape index (κ1) is 16.4. The normalized spacial score (nSPS) is 17.9. The minimum atomic E-state index is 0.280. The van der Waals surface area contributed by atoms with E-state index in [0.717, 1.165) is 22.0 Å². The number of likely N-dealkylation sites (tertiary alicyclic amines) is 1. The third-order valence-corrected chi connectivity index (χ3v) is 5.93. The molecule has 0 spiro atoms. The Morgan fingerprint density at radius 1 is 1.25 bits per heavy atom. The summed E-state index contributed by atoms with van der Waals surface area (Å²) in [6, 6.07) is 6.67. The molecular formula is C15H23Br2N3. The van der Waals surface area contributed by atoms with Crippen LogP contribution in [0.5, 0.6) is 0 Å². The molecule has 1 unspecified atom stereocenters. The van der Waals surface area contributed by atoms with Gasteiger partial charge in [0.25, 0.3) is 0 Å². The van der Waals surface area contributed by atoms with Gasteiger partial charge in [-0.2, -0.15) is 0 Å². The van der Waals surface area contributed by atoms with E-state index in [-0.39, 0.29) is 6.04 Å². The Labute approximate surface area is 138 Å². The van der Waals surface area contributed by atoms with Gasteiger partial charge < -0.3 is 10.6 Å². The van der Waals surface area contributed by atoms with Gasteiger partial charge in [-0.15, -0.1) is 0 Å². The van der Waals surface area contributed by atoms with Gasteiger partial charge in [-0.1, -0.05) is 6.07 Å². The molecule has 0 bridgehead atoms. The molecule has 1 aliphatic rings. The third kappa shape index (κ3) is 4.28. The summed E-state index contributed by atoms with van der Waals surface area (Å²) in [5, 5.41) is 0. The monoisotopic (exact) mass is 403 g/mol. The molecule has 1 fully saturated rings. The van der Waals surface area contributed by atoms with E-state index in [9.17, 15) is 0 Å². The van der Waals surface area contributed by atoms with Crippen molar-refractivity contribution in [2.24, 2.45) is 5.73 Å². The van der Waals surface area contributed by atoms with Crippen molar-refractivity contribution in [1.29, 1.82) is 0 Å². The fraction of sp³-hybridized carbons (Fsp3) is 0.600. The van der Waals surface area contributed by atoms with E-state index in [1.165, 1.54) is 31.5 Å². The molecular weight excluding hydrogens is 382 g/mol. The number of benzene rings is 1. The topological polar surface area (TPSA) is 32.5 Å². The lowest BCUT2D eigenvalue weighted by Gasteiger charge is -2.29. The van der Waals surface area contributed by atoms with Gasteiger partial charge in [0.2, 0.25) is 0 Å². The van der Waals surface area contributed by atoms with Crippen molar-refractivity contribution in [2.75, 3.05) is 39.8 Å². The molecule has 0 radical (unpaired) electrons.